The number of hydrogen-bond acceptors (Lipinski definition) is 2. The van der Waals surface area contributed by atoms with Crippen LogP contribution < -0.4 is 5.32 Å². The van der Waals surface area contributed by atoms with Crippen molar-refractivity contribution in [3.05, 3.63) is 53.6 Å². The van der Waals surface area contributed by atoms with E-state index < -0.39 is 11.7 Å². The number of nitrogens with one attached hydrogen (secondary N) is 1. The second-order valence-corrected chi connectivity index (χ2v) is 5.39. The monoisotopic (exact) mass is 295 g/mol. The molecule has 1 aliphatic rings. The fourth-order valence-electron chi connectivity index (χ4n) is 2.18. The van der Waals surface area contributed by atoms with Crippen molar-refractivity contribution in [2.75, 3.05) is 0 Å². The highest BCUT2D eigenvalue weighted by Gasteiger charge is 2.30. The smallest absolute Gasteiger partial charge is 0.333 e. The third-order valence-electron chi connectivity index (χ3n) is 3.46. The molecule has 1 aliphatic carbocycles. The quantitative estimate of drug-likeness (QED) is 0.918. The number of hydrogen-bond donors (Lipinski definition) is 1. The summed E-state index contributed by atoms with van der Waals surface area (Å²) in [5.74, 6) is 0. The minimum atomic E-state index is -4.30. The van der Waals surface area contributed by atoms with Gasteiger partial charge >= 0.3 is 6.18 Å². The van der Waals surface area contributed by atoms with Crippen molar-refractivity contribution >= 4 is 0 Å². The Morgan fingerprint density at radius 3 is 2.81 bits per heavy atom. The fourth-order valence-corrected chi connectivity index (χ4v) is 2.18. The van der Waals surface area contributed by atoms with Crippen LogP contribution in [0.3, 0.4) is 0 Å². The second kappa shape index (κ2) is 5.52. The van der Waals surface area contributed by atoms with Gasteiger partial charge in [-0.25, -0.2) is 4.98 Å². The predicted molar refractivity (Wildman–Crippen MR) is 72.6 cm³/mol. The molecule has 0 aliphatic heterocycles. The van der Waals surface area contributed by atoms with E-state index in [4.69, 9.17) is 0 Å². The molecule has 1 heterocycles. The van der Waals surface area contributed by atoms with E-state index in [1.807, 2.05) is 6.20 Å². The molecule has 1 N–H and O–H groups in total. The van der Waals surface area contributed by atoms with E-state index in [1.165, 1.54) is 25.0 Å². The highest BCUT2D eigenvalue weighted by molar-refractivity contribution is 5.26. The second-order valence-electron chi connectivity index (χ2n) is 5.39. The summed E-state index contributed by atoms with van der Waals surface area (Å²) in [7, 11) is 0. The zero-order valence-corrected chi connectivity index (χ0v) is 11.4. The van der Waals surface area contributed by atoms with Crippen molar-refractivity contribution in [1.82, 2.24) is 14.9 Å². The number of rotatable bonds is 5. The lowest BCUT2D eigenvalue weighted by Gasteiger charge is -2.09. The van der Waals surface area contributed by atoms with Gasteiger partial charge in [-0.1, -0.05) is 12.1 Å². The molecule has 0 bridgehead atoms. The van der Waals surface area contributed by atoms with Gasteiger partial charge in [0.1, 0.15) is 0 Å². The van der Waals surface area contributed by atoms with Gasteiger partial charge in [0, 0.05) is 25.3 Å². The lowest BCUT2D eigenvalue weighted by atomic mass is 10.1. The molecule has 3 nitrogen and oxygen atoms in total. The summed E-state index contributed by atoms with van der Waals surface area (Å²) >= 11 is 0. The molecule has 21 heavy (non-hydrogen) atoms. The Morgan fingerprint density at radius 2 is 2.10 bits per heavy atom. The molecule has 1 saturated carbocycles. The van der Waals surface area contributed by atoms with Gasteiger partial charge in [-0.05, 0) is 30.5 Å². The normalized spacial score (nSPS) is 15.4. The largest absolute Gasteiger partial charge is 0.416 e. The van der Waals surface area contributed by atoms with E-state index in [1.54, 1.807) is 17.0 Å². The third-order valence-corrected chi connectivity index (χ3v) is 3.46. The van der Waals surface area contributed by atoms with Crippen LogP contribution in [0, 0.1) is 0 Å². The summed E-state index contributed by atoms with van der Waals surface area (Å²) in [6.45, 7) is 1.10. The highest BCUT2D eigenvalue weighted by Crippen LogP contribution is 2.29. The van der Waals surface area contributed by atoms with Crippen molar-refractivity contribution in [2.24, 2.45) is 0 Å². The van der Waals surface area contributed by atoms with Crippen LogP contribution in [0.5, 0.6) is 0 Å². The molecule has 1 aromatic heterocycles. The molecule has 3 rings (SSSR count). The molecule has 2 aromatic rings. The molecule has 0 atom stereocenters. The van der Waals surface area contributed by atoms with E-state index >= 15 is 0 Å². The molecular formula is C15H16F3N3. The Balaban J connectivity index is 1.65. The number of alkyl halides is 3. The average Bonchev–Trinajstić information content (AvgIpc) is 3.16. The van der Waals surface area contributed by atoms with Gasteiger partial charge in [0.2, 0.25) is 0 Å². The third kappa shape index (κ3) is 3.85. The van der Waals surface area contributed by atoms with E-state index in [2.05, 4.69) is 10.3 Å². The standard InChI is InChI=1S/C15H16F3N3/c16-15(17,18)12-3-1-2-11(6-12)8-21-9-14(20-10-21)7-19-13-4-5-13/h1-3,6,9-10,13,19H,4-5,7-8H2. The lowest BCUT2D eigenvalue weighted by molar-refractivity contribution is -0.137. The van der Waals surface area contributed by atoms with Crippen LogP contribution in [0.25, 0.3) is 0 Å². The fraction of sp³-hybridized carbons (Fsp3) is 0.400. The maximum atomic E-state index is 12.7. The molecule has 0 spiro atoms. The molecule has 0 amide bonds. The molecule has 0 saturated heterocycles. The zero-order valence-electron chi connectivity index (χ0n) is 11.4. The number of benzene rings is 1. The van der Waals surface area contributed by atoms with Gasteiger partial charge in [0.05, 0.1) is 17.6 Å². The maximum Gasteiger partial charge on any atom is 0.416 e. The first-order valence-corrected chi connectivity index (χ1v) is 6.91. The number of nitrogens with zero attached hydrogens (tertiary/aromatic N) is 2. The Labute approximate surface area is 120 Å². The van der Waals surface area contributed by atoms with Gasteiger partial charge in [-0.15, -0.1) is 0 Å². The molecule has 1 aromatic carbocycles. The lowest BCUT2D eigenvalue weighted by Crippen LogP contribution is -2.15. The average molecular weight is 295 g/mol. The SMILES string of the molecule is FC(F)(F)c1cccc(Cn2cnc(CNC3CC3)c2)c1. The summed E-state index contributed by atoms with van der Waals surface area (Å²) in [6, 6.07) is 6.01. The van der Waals surface area contributed by atoms with Gasteiger partial charge in [0.15, 0.2) is 0 Å². The Morgan fingerprint density at radius 1 is 1.29 bits per heavy atom. The van der Waals surface area contributed by atoms with Crippen molar-refractivity contribution in [1.29, 1.82) is 0 Å². The van der Waals surface area contributed by atoms with Crippen LogP contribution in [0.2, 0.25) is 0 Å². The van der Waals surface area contributed by atoms with Crippen molar-refractivity contribution < 1.29 is 13.2 Å². The Hall–Kier alpha value is -1.82. The number of halogens is 3. The van der Waals surface area contributed by atoms with Crippen LogP contribution in [0.4, 0.5) is 13.2 Å². The van der Waals surface area contributed by atoms with Gasteiger partial charge in [-0.3, -0.25) is 0 Å². The zero-order chi connectivity index (χ0) is 14.9. The number of aromatic nitrogens is 2. The molecule has 112 valence electrons. The van der Waals surface area contributed by atoms with Crippen molar-refractivity contribution in [3.8, 4) is 0 Å². The minimum absolute atomic E-state index is 0.389. The summed E-state index contributed by atoms with van der Waals surface area (Å²) in [5.41, 5.74) is 0.911. The van der Waals surface area contributed by atoms with Gasteiger partial charge in [0.25, 0.3) is 0 Å². The summed E-state index contributed by atoms with van der Waals surface area (Å²) < 4.78 is 39.8. The molecule has 1 fully saturated rings. The molecule has 0 radical (unpaired) electrons. The summed E-state index contributed by atoms with van der Waals surface area (Å²) in [4.78, 5) is 4.26. The van der Waals surface area contributed by atoms with Crippen LogP contribution in [0.15, 0.2) is 36.8 Å². The van der Waals surface area contributed by atoms with Crippen LogP contribution >= 0.6 is 0 Å². The van der Waals surface area contributed by atoms with E-state index in [0.717, 1.165) is 11.8 Å². The van der Waals surface area contributed by atoms with Crippen LogP contribution in [-0.2, 0) is 19.3 Å². The highest BCUT2D eigenvalue weighted by atomic mass is 19.4. The van der Waals surface area contributed by atoms with E-state index in [9.17, 15) is 13.2 Å². The van der Waals surface area contributed by atoms with Crippen molar-refractivity contribution in [2.45, 2.75) is 38.1 Å². The maximum absolute atomic E-state index is 12.7. The van der Waals surface area contributed by atoms with Crippen LogP contribution in [-0.4, -0.2) is 15.6 Å². The van der Waals surface area contributed by atoms with Crippen molar-refractivity contribution in [3.63, 3.8) is 0 Å². The first kappa shape index (κ1) is 14.1. The summed E-state index contributed by atoms with van der Waals surface area (Å²) in [6.07, 6.45) is 1.65. The van der Waals surface area contributed by atoms with Gasteiger partial charge < -0.3 is 9.88 Å². The first-order chi connectivity index (χ1) is 10.0. The Kier molecular flexibility index (Phi) is 3.71. The Bertz CT molecular complexity index is 615. The summed E-state index contributed by atoms with van der Waals surface area (Å²) in [5, 5.41) is 3.35. The molecule has 0 unspecified atom stereocenters. The minimum Gasteiger partial charge on any atom is -0.333 e. The first-order valence-electron chi connectivity index (χ1n) is 6.91. The number of imidazole rings is 1. The van der Waals surface area contributed by atoms with E-state index in [0.29, 0.717) is 24.7 Å². The van der Waals surface area contributed by atoms with Gasteiger partial charge in [-0.2, -0.15) is 13.2 Å². The van der Waals surface area contributed by atoms with E-state index in [-0.39, 0.29) is 0 Å². The molecular weight excluding hydrogens is 279 g/mol. The predicted octanol–water partition coefficient (Wildman–Crippen LogP) is 3.20. The topological polar surface area (TPSA) is 29.9 Å². The molecule has 6 heteroatoms. The van der Waals surface area contributed by atoms with Crippen LogP contribution in [0.1, 0.15) is 29.7 Å².